The molecule has 6 heteroatoms. The van der Waals surface area contributed by atoms with E-state index in [1.54, 1.807) is 0 Å². The number of aromatic carboxylic acids is 1. The van der Waals surface area contributed by atoms with Gasteiger partial charge in [-0.1, -0.05) is 0 Å². The summed E-state index contributed by atoms with van der Waals surface area (Å²) in [5.41, 5.74) is 0.753. The minimum absolute atomic E-state index is 0.0559. The molecule has 1 aromatic carbocycles. The number of rotatable bonds is 1. The lowest BCUT2D eigenvalue weighted by Gasteiger charge is -1.99. The third kappa shape index (κ3) is 1.42. The Kier molecular flexibility index (Phi) is 1.90. The third-order valence-corrected chi connectivity index (χ3v) is 3.58. The fourth-order valence-electron chi connectivity index (χ4n) is 1.45. The molecule has 0 unspecified atom stereocenters. The number of carboxylic acids is 1. The second-order valence-electron chi connectivity index (χ2n) is 3.17. The highest BCUT2D eigenvalue weighted by molar-refractivity contribution is 7.90. The van der Waals surface area contributed by atoms with Crippen molar-refractivity contribution in [2.75, 3.05) is 0 Å². The van der Waals surface area contributed by atoms with Gasteiger partial charge in [0.25, 0.3) is 10.0 Å². The molecule has 0 saturated carbocycles. The van der Waals surface area contributed by atoms with Crippen molar-refractivity contribution in [3.8, 4) is 0 Å². The summed E-state index contributed by atoms with van der Waals surface area (Å²) in [6.45, 7) is 1.54. The van der Waals surface area contributed by atoms with Gasteiger partial charge in [-0.25, -0.2) is 4.79 Å². The van der Waals surface area contributed by atoms with Gasteiger partial charge in [-0.05, 0) is 25.1 Å². The van der Waals surface area contributed by atoms with Gasteiger partial charge in [-0.2, -0.15) is 12.8 Å². The maximum Gasteiger partial charge on any atom is 0.335 e. The number of benzene rings is 1. The van der Waals surface area contributed by atoms with Gasteiger partial charge in [0.1, 0.15) is 0 Å². The molecule has 0 amide bonds. The number of hydrogen-bond acceptors (Lipinski definition) is 3. The standard InChI is InChI=1S/C9H7NO4S/c1-5-7-4-6(9(11)12)2-3-8(7)15(13,14)10-5/h2-4H,1H3,(H,11,12). The van der Waals surface area contributed by atoms with Crippen molar-refractivity contribution >= 4 is 21.7 Å². The van der Waals surface area contributed by atoms with E-state index in [-0.39, 0.29) is 10.5 Å². The van der Waals surface area contributed by atoms with E-state index in [0.717, 1.165) is 0 Å². The van der Waals surface area contributed by atoms with Gasteiger partial charge in [-0.3, -0.25) is 0 Å². The van der Waals surface area contributed by atoms with Gasteiger partial charge < -0.3 is 5.11 Å². The average Bonchev–Trinajstić information content (AvgIpc) is 2.37. The second-order valence-corrected chi connectivity index (χ2v) is 4.74. The van der Waals surface area contributed by atoms with Crippen molar-refractivity contribution in [3.63, 3.8) is 0 Å². The van der Waals surface area contributed by atoms with Crippen molar-refractivity contribution in [2.24, 2.45) is 4.40 Å². The maximum absolute atomic E-state index is 11.4. The molecular weight excluding hydrogens is 218 g/mol. The van der Waals surface area contributed by atoms with E-state index in [0.29, 0.717) is 11.3 Å². The molecular formula is C9H7NO4S. The molecule has 1 heterocycles. The van der Waals surface area contributed by atoms with Crippen molar-refractivity contribution in [3.05, 3.63) is 29.3 Å². The molecule has 1 aliphatic heterocycles. The number of carboxylic acid groups (broad SMARTS) is 1. The Morgan fingerprint density at radius 1 is 1.40 bits per heavy atom. The van der Waals surface area contributed by atoms with Gasteiger partial charge in [0.2, 0.25) is 0 Å². The van der Waals surface area contributed by atoms with E-state index >= 15 is 0 Å². The molecule has 0 saturated heterocycles. The molecule has 78 valence electrons. The van der Waals surface area contributed by atoms with Gasteiger partial charge in [0, 0.05) is 5.56 Å². The van der Waals surface area contributed by atoms with E-state index in [1.807, 2.05) is 0 Å². The first-order valence-corrected chi connectivity index (χ1v) is 5.55. The molecule has 5 nitrogen and oxygen atoms in total. The van der Waals surface area contributed by atoms with E-state index < -0.39 is 16.0 Å². The van der Waals surface area contributed by atoms with Gasteiger partial charge in [0.05, 0.1) is 16.2 Å². The fourth-order valence-corrected chi connectivity index (χ4v) is 2.73. The monoisotopic (exact) mass is 225 g/mol. The molecule has 0 spiro atoms. The van der Waals surface area contributed by atoms with E-state index in [4.69, 9.17) is 5.11 Å². The van der Waals surface area contributed by atoms with Crippen LogP contribution in [-0.2, 0) is 10.0 Å². The van der Waals surface area contributed by atoms with Crippen LogP contribution in [0.3, 0.4) is 0 Å². The molecule has 0 radical (unpaired) electrons. The molecule has 15 heavy (non-hydrogen) atoms. The number of sulfonamides is 1. The molecule has 2 rings (SSSR count). The van der Waals surface area contributed by atoms with Gasteiger partial charge >= 0.3 is 5.97 Å². The Hall–Kier alpha value is -1.69. The summed E-state index contributed by atoms with van der Waals surface area (Å²) in [5, 5.41) is 8.74. The van der Waals surface area contributed by atoms with Crippen LogP contribution in [0.4, 0.5) is 0 Å². The number of hydrogen-bond donors (Lipinski definition) is 1. The van der Waals surface area contributed by atoms with E-state index in [2.05, 4.69) is 4.40 Å². The summed E-state index contributed by atoms with van der Waals surface area (Å²) < 4.78 is 26.3. The molecule has 0 bridgehead atoms. The topological polar surface area (TPSA) is 83.8 Å². The van der Waals surface area contributed by atoms with Crippen LogP contribution in [0, 0.1) is 0 Å². The summed E-state index contributed by atoms with van der Waals surface area (Å²) in [5.74, 6) is -1.09. The van der Waals surface area contributed by atoms with Crippen LogP contribution in [0.5, 0.6) is 0 Å². The van der Waals surface area contributed by atoms with Gasteiger partial charge in [0.15, 0.2) is 0 Å². The summed E-state index contributed by atoms with van der Waals surface area (Å²) in [6, 6.07) is 3.85. The van der Waals surface area contributed by atoms with Crippen LogP contribution < -0.4 is 0 Å². The Labute approximate surface area is 86.1 Å². The molecule has 0 aromatic heterocycles. The normalized spacial score (nSPS) is 17.0. The quantitative estimate of drug-likeness (QED) is 0.769. The number of nitrogens with zero attached hydrogens (tertiary/aromatic N) is 1. The highest BCUT2D eigenvalue weighted by Crippen LogP contribution is 2.26. The largest absolute Gasteiger partial charge is 0.478 e. The van der Waals surface area contributed by atoms with Gasteiger partial charge in [-0.15, -0.1) is 0 Å². The van der Waals surface area contributed by atoms with E-state index in [1.165, 1.54) is 25.1 Å². The van der Waals surface area contributed by atoms with Crippen molar-refractivity contribution in [1.29, 1.82) is 0 Å². The third-order valence-electron chi connectivity index (χ3n) is 2.15. The van der Waals surface area contributed by atoms with Crippen LogP contribution in [-0.4, -0.2) is 25.2 Å². The van der Waals surface area contributed by atoms with Crippen LogP contribution in [0.25, 0.3) is 0 Å². The summed E-state index contributed by atoms with van der Waals surface area (Å²) >= 11 is 0. The van der Waals surface area contributed by atoms with Crippen LogP contribution >= 0.6 is 0 Å². The number of carbonyl (C=O) groups is 1. The molecule has 0 aliphatic carbocycles. The zero-order valence-corrected chi connectivity index (χ0v) is 8.58. The fraction of sp³-hybridized carbons (Fsp3) is 0.111. The molecule has 1 aliphatic rings. The van der Waals surface area contributed by atoms with Crippen LogP contribution in [0.1, 0.15) is 22.8 Å². The molecule has 1 N–H and O–H groups in total. The number of fused-ring (bicyclic) bond motifs is 1. The lowest BCUT2D eigenvalue weighted by molar-refractivity contribution is 0.0696. The molecule has 0 atom stereocenters. The van der Waals surface area contributed by atoms with E-state index in [9.17, 15) is 13.2 Å². The Balaban J connectivity index is 2.72. The summed E-state index contributed by atoms with van der Waals surface area (Å²) in [6.07, 6.45) is 0. The smallest absolute Gasteiger partial charge is 0.335 e. The van der Waals surface area contributed by atoms with Crippen LogP contribution in [0.15, 0.2) is 27.5 Å². The zero-order chi connectivity index (χ0) is 11.2. The van der Waals surface area contributed by atoms with Crippen LogP contribution in [0.2, 0.25) is 0 Å². The second kappa shape index (κ2) is 2.90. The van der Waals surface area contributed by atoms with Crippen molar-refractivity contribution in [2.45, 2.75) is 11.8 Å². The Bertz CT molecular complexity index is 586. The molecule has 0 fully saturated rings. The van der Waals surface area contributed by atoms with Crippen molar-refractivity contribution in [1.82, 2.24) is 0 Å². The highest BCUT2D eigenvalue weighted by Gasteiger charge is 2.27. The SMILES string of the molecule is CC1=NS(=O)(=O)c2ccc(C(=O)O)cc21. The zero-order valence-electron chi connectivity index (χ0n) is 7.76. The lowest BCUT2D eigenvalue weighted by Crippen LogP contribution is -2.01. The minimum atomic E-state index is -3.60. The van der Waals surface area contributed by atoms with Crippen molar-refractivity contribution < 1.29 is 18.3 Å². The Morgan fingerprint density at radius 2 is 2.07 bits per heavy atom. The average molecular weight is 225 g/mol. The predicted octanol–water partition coefficient (Wildman–Crippen LogP) is 0.896. The lowest BCUT2D eigenvalue weighted by atomic mass is 10.1. The first kappa shape index (κ1) is 9.85. The predicted molar refractivity (Wildman–Crippen MR) is 52.8 cm³/mol. The highest BCUT2D eigenvalue weighted by atomic mass is 32.2. The first-order chi connectivity index (χ1) is 6.92. The summed E-state index contributed by atoms with van der Waals surface area (Å²) in [4.78, 5) is 10.8. The Morgan fingerprint density at radius 3 is 2.67 bits per heavy atom. The maximum atomic E-state index is 11.4. The summed E-state index contributed by atoms with van der Waals surface area (Å²) in [7, 11) is -3.60. The molecule has 1 aromatic rings. The first-order valence-electron chi connectivity index (χ1n) is 4.11. The minimum Gasteiger partial charge on any atom is -0.478 e.